The van der Waals surface area contributed by atoms with Gasteiger partial charge in [-0.3, -0.25) is 0 Å². The Kier molecular flexibility index (Phi) is 6.62. The highest BCUT2D eigenvalue weighted by molar-refractivity contribution is 6.44. The zero-order valence-corrected chi connectivity index (χ0v) is 7.87. The summed E-state index contributed by atoms with van der Waals surface area (Å²) >= 11 is 13.0. The molecule has 76 valence electrons. The van der Waals surface area contributed by atoms with Gasteiger partial charge in [0.2, 0.25) is 4.84 Å². The molecular formula is C4H4Cl3F5. The van der Waals surface area contributed by atoms with Crippen LogP contribution < -0.4 is 0 Å². The van der Waals surface area contributed by atoms with E-state index in [-0.39, 0.29) is 0 Å². The Labute approximate surface area is 80.6 Å². The molecule has 0 bridgehead atoms. The SMILES string of the molecule is CC(F)(F)Cl.FC(F)(F)C(Cl)Cl. The summed E-state index contributed by atoms with van der Waals surface area (Å²) in [7, 11) is 0. The molecule has 0 aliphatic rings. The molecule has 0 amide bonds. The minimum Gasteiger partial charge on any atom is -0.189 e. The molecule has 0 saturated carbocycles. The Bertz CT molecular complexity index is 109. The van der Waals surface area contributed by atoms with E-state index in [0.29, 0.717) is 6.92 Å². The normalized spacial score (nSPS) is 12.5. The van der Waals surface area contributed by atoms with Crippen LogP contribution in [-0.2, 0) is 0 Å². The quantitative estimate of drug-likeness (QED) is 0.448. The summed E-state index contributed by atoms with van der Waals surface area (Å²) in [6.45, 7) is 0.620. The van der Waals surface area contributed by atoms with E-state index in [1.807, 2.05) is 0 Å². The van der Waals surface area contributed by atoms with Crippen molar-refractivity contribution in [3.05, 3.63) is 0 Å². The van der Waals surface area contributed by atoms with E-state index in [4.69, 9.17) is 0 Å². The second-order valence-electron chi connectivity index (χ2n) is 1.62. The Hall–Kier alpha value is 0.520. The maximum absolute atomic E-state index is 10.9. The smallest absolute Gasteiger partial charge is 0.189 e. The minimum absolute atomic E-state index is 0.620. The maximum Gasteiger partial charge on any atom is 0.418 e. The van der Waals surface area contributed by atoms with Gasteiger partial charge in [0.1, 0.15) is 0 Å². The zero-order valence-electron chi connectivity index (χ0n) is 5.60. The highest BCUT2D eigenvalue weighted by atomic mass is 35.5. The predicted octanol–water partition coefficient (Wildman–Crippen LogP) is 4.19. The second-order valence-corrected chi connectivity index (χ2v) is 3.38. The predicted molar refractivity (Wildman–Crippen MR) is 38.0 cm³/mol. The van der Waals surface area contributed by atoms with Crippen molar-refractivity contribution < 1.29 is 22.0 Å². The first-order valence-corrected chi connectivity index (χ1v) is 3.61. The molecule has 0 atom stereocenters. The lowest BCUT2D eigenvalue weighted by molar-refractivity contribution is -0.115. The van der Waals surface area contributed by atoms with Crippen LogP contribution in [0.3, 0.4) is 0 Å². The molecule has 0 rings (SSSR count). The molecule has 0 saturated heterocycles. The van der Waals surface area contributed by atoms with Crippen LogP contribution >= 0.6 is 34.8 Å². The van der Waals surface area contributed by atoms with Crippen LogP contribution in [0.2, 0.25) is 0 Å². The Morgan fingerprint density at radius 2 is 1.08 bits per heavy atom. The van der Waals surface area contributed by atoms with Gasteiger partial charge >= 0.3 is 11.6 Å². The lowest BCUT2D eigenvalue weighted by Gasteiger charge is -2.03. The lowest BCUT2D eigenvalue weighted by Crippen LogP contribution is -2.16. The van der Waals surface area contributed by atoms with Crippen molar-refractivity contribution in [2.24, 2.45) is 0 Å². The van der Waals surface area contributed by atoms with Gasteiger partial charge in [0.05, 0.1) is 0 Å². The zero-order chi connectivity index (χ0) is 10.6. The molecule has 0 heterocycles. The molecule has 0 aliphatic carbocycles. The third-order valence-corrected chi connectivity index (χ3v) is 0.742. The minimum atomic E-state index is -4.47. The fourth-order valence-electron chi connectivity index (χ4n) is 0. The van der Waals surface area contributed by atoms with Crippen molar-refractivity contribution in [1.82, 2.24) is 0 Å². The number of hydrogen-bond acceptors (Lipinski definition) is 0. The Morgan fingerprint density at radius 3 is 1.08 bits per heavy atom. The fourth-order valence-corrected chi connectivity index (χ4v) is 0. The van der Waals surface area contributed by atoms with Crippen molar-refractivity contribution in [3.8, 4) is 0 Å². The number of alkyl halides is 8. The van der Waals surface area contributed by atoms with Gasteiger partial charge in [0.25, 0.3) is 0 Å². The average molecular weight is 253 g/mol. The van der Waals surface area contributed by atoms with Gasteiger partial charge in [0.15, 0.2) is 0 Å². The first-order chi connectivity index (χ1) is 4.94. The van der Waals surface area contributed by atoms with Crippen LogP contribution in [0.25, 0.3) is 0 Å². The van der Waals surface area contributed by atoms with Crippen LogP contribution in [0.1, 0.15) is 6.92 Å². The van der Waals surface area contributed by atoms with Gasteiger partial charge in [-0.05, 0) is 11.6 Å². The van der Waals surface area contributed by atoms with Crippen molar-refractivity contribution in [2.45, 2.75) is 23.3 Å². The summed E-state index contributed by atoms with van der Waals surface area (Å²) in [6.07, 6.45) is -4.47. The molecular weight excluding hydrogens is 249 g/mol. The van der Waals surface area contributed by atoms with Gasteiger partial charge in [-0.15, -0.1) is 0 Å². The largest absolute Gasteiger partial charge is 0.418 e. The van der Waals surface area contributed by atoms with E-state index in [0.717, 1.165) is 0 Å². The third-order valence-electron chi connectivity index (χ3n) is 0.247. The molecule has 12 heavy (non-hydrogen) atoms. The van der Waals surface area contributed by atoms with E-state index < -0.39 is 16.4 Å². The van der Waals surface area contributed by atoms with Crippen LogP contribution in [-0.4, -0.2) is 16.4 Å². The summed E-state index contributed by atoms with van der Waals surface area (Å²) in [5, 5.41) is -3.03. The number of hydrogen-bond donors (Lipinski definition) is 0. The molecule has 0 spiro atoms. The van der Waals surface area contributed by atoms with E-state index in [9.17, 15) is 22.0 Å². The summed E-state index contributed by atoms with van der Waals surface area (Å²) in [5.41, 5.74) is 0. The highest BCUT2D eigenvalue weighted by Gasteiger charge is 2.36. The van der Waals surface area contributed by atoms with Crippen LogP contribution in [0.15, 0.2) is 0 Å². The standard InChI is InChI=1S/C2HCl2F3.C2H3ClF2/c3-1(4)2(5,6)7;1-2(3,4)5/h1H;1H3. The molecule has 0 aromatic carbocycles. The first-order valence-electron chi connectivity index (χ1n) is 2.36. The molecule has 0 aromatic rings. The molecule has 8 heteroatoms. The molecule has 0 N–H and O–H groups in total. The second kappa shape index (κ2) is 5.29. The Balaban J connectivity index is 0. The van der Waals surface area contributed by atoms with E-state index in [2.05, 4.69) is 34.8 Å². The van der Waals surface area contributed by atoms with Gasteiger partial charge < -0.3 is 0 Å². The summed E-state index contributed by atoms with van der Waals surface area (Å²) < 4.78 is 54.3. The first kappa shape index (κ1) is 15.0. The Morgan fingerprint density at radius 1 is 1.00 bits per heavy atom. The summed E-state index contributed by atoms with van der Waals surface area (Å²) in [6, 6.07) is 0. The van der Waals surface area contributed by atoms with E-state index in [1.54, 1.807) is 0 Å². The van der Waals surface area contributed by atoms with Gasteiger partial charge in [-0.25, -0.2) is 0 Å². The van der Waals surface area contributed by atoms with Gasteiger partial charge in [-0.1, -0.05) is 23.2 Å². The number of halogens is 8. The molecule has 0 unspecified atom stereocenters. The van der Waals surface area contributed by atoms with Crippen LogP contribution in [0.4, 0.5) is 22.0 Å². The molecule has 0 aliphatic heterocycles. The summed E-state index contributed by atoms with van der Waals surface area (Å²) in [4.78, 5) is -2.26. The maximum atomic E-state index is 10.9. The average Bonchev–Trinajstić information content (AvgIpc) is 1.55. The number of rotatable bonds is 0. The molecule has 0 radical (unpaired) electrons. The highest BCUT2D eigenvalue weighted by Crippen LogP contribution is 2.27. The lowest BCUT2D eigenvalue weighted by atomic mass is 10.8. The van der Waals surface area contributed by atoms with Crippen LogP contribution in [0, 0.1) is 0 Å². The van der Waals surface area contributed by atoms with Crippen molar-refractivity contribution in [1.29, 1.82) is 0 Å². The molecule has 0 fully saturated rings. The van der Waals surface area contributed by atoms with Crippen molar-refractivity contribution >= 4 is 34.8 Å². The van der Waals surface area contributed by atoms with Crippen molar-refractivity contribution in [3.63, 3.8) is 0 Å². The third kappa shape index (κ3) is 22.4. The van der Waals surface area contributed by atoms with E-state index in [1.165, 1.54) is 0 Å². The van der Waals surface area contributed by atoms with Crippen LogP contribution in [0.5, 0.6) is 0 Å². The van der Waals surface area contributed by atoms with E-state index >= 15 is 0 Å². The summed E-state index contributed by atoms with van der Waals surface area (Å²) in [5.74, 6) is 0. The van der Waals surface area contributed by atoms with Gasteiger partial charge in [-0.2, -0.15) is 22.0 Å². The fraction of sp³-hybridized carbons (Fsp3) is 1.00. The topological polar surface area (TPSA) is 0 Å². The molecule has 0 aromatic heterocycles. The molecule has 0 nitrogen and oxygen atoms in total. The van der Waals surface area contributed by atoms with Crippen molar-refractivity contribution in [2.75, 3.05) is 0 Å². The monoisotopic (exact) mass is 252 g/mol. The van der Waals surface area contributed by atoms with Gasteiger partial charge in [0, 0.05) is 6.92 Å².